The summed E-state index contributed by atoms with van der Waals surface area (Å²) in [6.07, 6.45) is 0.571. The Morgan fingerprint density at radius 2 is 1.38 bits per heavy atom. The number of methoxy groups -OCH3 is 2. The number of nitrogen functional groups attached to an aromatic ring is 2. The number of hydrogen-bond acceptors (Lipinski definition) is 21. The number of hydrogen-bond donors (Lipinski definition) is 7. The van der Waals surface area contributed by atoms with Crippen LogP contribution in [-0.2, 0) is 55.9 Å². The molecule has 1 unspecified atom stereocenters. The molecule has 0 fully saturated rings. The van der Waals surface area contributed by atoms with Gasteiger partial charge in [0.05, 0.1) is 121 Å². The fourth-order valence-corrected chi connectivity index (χ4v) is 8.22. The highest BCUT2D eigenvalue weighted by atomic mass is 16.6. The summed E-state index contributed by atoms with van der Waals surface area (Å²) in [5, 5.41) is 25.0. The Kier molecular flexibility index (Phi) is 21.4. The first-order valence-corrected chi connectivity index (χ1v) is 25.3. The fourth-order valence-electron chi connectivity index (χ4n) is 8.22. The molecule has 3 heterocycles. The molecule has 0 saturated carbocycles. The minimum Gasteiger partial charge on any atom is -0.497 e. The van der Waals surface area contributed by atoms with Crippen LogP contribution in [0.2, 0.25) is 0 Å². The highest BCUT2D eigenvalue weighted by Crippen LogP contribution is 2.44. The van der Waals surface area contributed by atoms with Gasteiger partial charge >= 0.3 is 12.1 Å². The molecule has 0 aliphatic heterocycles. The number of amides is 4. The molecule has 4 amide bonds. The van der Waals surface area contributed by atoms with Crippen molar-refractivity contribution in [1.82, 2.24) is 45.7 Å². The van der Waals surface area contributed by atoms with Crippen LogP contribution in [0, 0.1) is 0 Å². The summed E-state index contributed by atoms with van der Waals surface area (Å²) in [5.41, 5.74) is 16.6. The van der Waals surface area contributed by atoms with Gasteiger partial charge in [0, 0.05) is 48.9 Å². The van der Waals surface area contributed by atoms with Crippen molar-refractivity contribution < 1.29 is 67.0 Å². The summed E-state index contributed by atoms with van der Waals surface area (Å²) in [6, 6.07) is 17.4. The Labute approximate surface area is 459 Å². The number of ketones is 1. The molecule has 0 radical (unpaired) electrons. The van der Waals surface area contributed by atoms with E-state index in [1.54, 1.807) is 80.0 Å². The predicted molar refractivity (Wildman–Crippen MR) is 290 cm³/mol. The zero-order valence-electron chi connectivity index (χ0n) is 44.4. The standard InChI is InChI=1S/C53H63N13O14/c1-65(30-34-29-58-49-45(59-34)48(54)62-52(55)63-49)35-11-7-33(8-12-35)50(70)60-39(51(71)72)15-16-40(67)56-17-19-76-21-23-78-25-27-80-28-26-79-24-22-77-20-18-57-41(68)31-66-46-37-5-4-6-38(61-53(73)75-3)42(37)47(69)43(46)44(64-66)32-9-13-36(74-2)14-10-32/h4-14,29,39H,15-28,30-31H2,1-3H3,(H,56,67)(H,57,68)(H,60,70)(H,61,73)(H,71,72)(H4,54,55,58,62,63). The van der Waals surface area contributed by atoms with Gasteiger partial charge < -0.3 is 70.6 Å². The molecule has 7 rings (SSSR count). The molecule has 6 aromatic rings. The van der Waals surface area contributed by atoms with E-state index < -0.39 is 29.9 Å². The third-order valence-corrected chi connectivity index (χ3v) is 12.2. The Hall–Kier alpha value is -8.89. The van der Waals surface area contributed by atoms with Gasteiger partial charge in [-0.05, 0) is 61.0 Å². The Balaban J connectivity index is 0.682. The molecule has 9 N–H and O–H groups in total. The van der Waals surface area contributed by atoms with Crippen LogP contribution in [0.3, 0.4) is 0 Å². The van der Waals surface area contributed by atoms with Crippen molar-refractivity contribution in [3.05, 3.63) is 95.3 Å². The molecule has 27 nitrogen and oxygen atoms in total. The van der Waals surface area contributed by atoms with Crippen molar-refractivity contribution >= 4 is 69.9 Å². The second-order valence-electron chi connectivity index (χ2n) is 17.7. The number of nitrogens with zero attached hydrogens (tertiary/aromatic N) is 7. The van der Waals surface area contributed by atoms with E-state index in [9.17, 15) is 33.9 Å². The van der Waals surface area contributed by atoms with E-state index >= 15 is 0 Å². The molecule has 0 spiro atoms. The summed E-state index contributed by atoms with van der Waals surface area (Å²) in [5.74, 6) is -2.22. The van der Waals surface area contributed by atoms with Crippen molar-refractivity contribution in [2.45, 2.75) is 32.0 Å². The zero-order valence-corrected chi connectivity index (χ0v) is 44.4. The minimum absolute atomic E-state index is 0.00000762. The number of carbonyl (C=O) groups excluding carboxylic acids is 5. The number of rotatable bonds is 32. The van der Waals surface area contributed by atoms with Crippen LogP contribution in [0.5, 0.6) is 5.75 Å². The van der Waals surface area contributed by atoms with E-state index in [1.807, 2.05) is 11.9 Å². The van der Waals surface area contributed by atoms with E-state index in [2.05, 4.69) is 41.2 Å². The summed E-state index contributed by atoms with van der Waals surface area (Å²) < 4.78 is 39.2. The topological polar surface area (TPSA) is 360 Å². The second-order valence-corrected chi connectivity index (χ2v) is 17.7. The SMILES string of the molecule is COC(=O)Nc1cccc2c1C(=O)c1c(-c3ccc(OC)cc3)nn(CC(=O)NCCOCCOCCOCCOCCOCCNC(=O)CCC(NC(=O)c3ccc(N(C)Cc4cnc5nc(N)nc(N)c5n4)cc3)C(=O)O)c1-2. The molecule has 3 aromatic heterocycles. The molecule has 80 heavy (non-hydrogen) atoms. The lowest BCUT2D eigenvalue weighted by Gasteiger charge is -2.19. The van der Waals surface area contributed by atoms with Crippen molar-refractivity contribution in [3.63, 3.8) is 0 Å². The van der Waals surface area contributed by atoms with Crippen molar-refractivity contribution in [3.8, 4) is 28.3 Å². The van der Waals surface area contributed by atoms with E-state index in [4.69, 9.17) is 49.7 Å². The number of carboxylic acid groups (broad SMARTS) is 1. The number of nitrogens with one attached hydrogen (secondary N) is 4. The minimum atomic E-state index is -1.29. The van der Waals surface area contributed by atoms with Gasteiger partial charge in [0.2, 0.25) is 17.8 Å². The molecule has 27 heteroatoms. The molecule has 0 bridgehead atoms. The van der Waals surface area contributed by atoms with Crippen LogP contribution in [0.4, 0.5) is 27.9 Å². The van der Waals surface area contributed by atoms with Gasteiger partial charge in [-0.2, -0.15) is 15.1 Å². The first-order valence-electron chi connectivity index (χ1n) is 25.3. The van der Waals surface area contributed by atoms with Crippen LogP contribution >= 0.6 is 0 Å². The highest BCUT2D eigenvalue weighted by Gasteiger charge is 2.37. The van der Waals surface area contributed by atoms with Gasteiger partial charge in [0.1, 0.15) is 24.0 Å². The van der Waals surface area contributed by atoms with Gasteiger partial charge in [0.15, 0.2) is 22.8 Å². The van der Waals surface area contributed by atoms with E-state index in [0.29, 0.717) is 97.8 Å². The monoisotopic (exact) mass is 1110 g/mol. The normalized spacial score (nSPS) is 11.9. The molecule has 424 valence electrons. The van der Waals surface area contributed by atoms with Crippen molar-refractivity contribution in [2.75, 3.05) is 122 Å². The van der Waals surface area contributed by atoms with Gasteiger partial charge in [-0.15, -0.1) is 0 Å². The second kappa shape index (κ2) is 29.2. The number of ether oxygens (including phenoxy) is 7. The lowest BCUT2D eigenvalue weighted by atomic mass is 10.0. The fraction of sp³-hybridized carbons (Fsp3) is 0.377. The third kappa shape index (κ3) is 16.1. The number of aromatic nitrogens is 6. The van der Waals surface area contributed by atoms with Crippen LogP contribution in [0.15, 0.2) is 72.9 Å². The van der Waals surface area contributed by atoms with Crippen LogP contribution in [0.1, 0.15) is 44.8 Å². The highest BCUT2D eigenvalue weighted by molar-refractivity contribution is 6.27. The van der Waals surface area contributed by atoms with Gasteiger partial charge in [-0.3, -0.25) is 29.2 Å². The average molecular weight is 1110 g/mol. The number of anilines is 4. The Morgan fingerprint density at radius 3 is 1.99 bits per heavy atom. The van der Waals surface area contributed by atoms with Crippen molar-refractivity contribution in [2.24, 2.45) is 0 Å². The molecular formula is C53H63N13O14. The van der Waals surface area contributed by atoms with Gasteiger partial charge in [0.25, 0.3) is 5.91 Å². The van der Waals surface area contributed by atoms with Crippen molar-refractivity contribution in [1.29, 1.82) is 0 Å². The number of benzene rings is 3. The molecule has 1 aliphatic carbocycles. The summed E-state index contributed by atoms with van der Waals surface area (Å²) in [6.45, 7) is 3.57. The van der Waals surface area contributed by atoms with Gasteiger partial charge in [-0.25, -0.2) is 19.6 Å². The molecule has 3 aromatic carbocycles. The van der Waals surface area contributed by atoms with Crippen LogP contribution < -0.4 is 42.4 Å². The van der Waals surface area contributed by atoms with Gasteiger partial charge in [-0.1, -0.05) is 12.1 Å². The number of carbonyl (C=O) groups is 6. The summed E-state index contributed by atoms with van der Waals surface area (Å²) in [4.78, 5) is 95.1. The van der Waals surface area contributed by atoms with Crippen LogP contribution in [0.25, 0.3) is 33.7 Å². The quantitative estimate of drug-likeness (QED) is 0.0298. The first kappa shape index (κ1) is 58.8. The third-order valence-electron chi connectivity index (χ3n) is 12.2. The maximum Gasteiger partial charge on any atom is 0.411 e. The summed E-state index contributed by atoms with van der Waals surface area (Å²) in [7, 11) is 4.60. The molecular weight excluding hydrogens is 1040 g/mol. The Morgan fingerprint density at radius 1 is 0.750 bits per heavy atom. The predicted octanol–water partition coefficient (Wildman–Crippen LogP) is 2.46. The number of fused-ring (bicyclic) bond motifs is 4. The average Bonchev–Trinajstić information content (AvgIpc) is 3.99. The first-order chi connectivity index (χ1) is 38.7. The number of nitrogens with two attached hydrogens (primary N) is 2. The molecule has 1 aliphatic rings. The lowest BCUT2D eigenvalue weighted by Crippen LogP contribution is -2.41. The van der Waals surface area contributed by atoms with E-state index in [1.165, 1.54) is 11.8 Å². The zero-order chi connectivity index (χ0) is 57.0. The van der Waals surface area contributed by atoms with E-state index in [0.717, 1.165) is 5.69 Å². The molecule has 0 saturated heterocycles. The maximum absolute atomic E-state index is 13.9. The Bertz CT molecular complexity index is 3120. The largest absolute Gasteiger partial charge is 0.497 e. The lowest BCUT2D eigenvalue weighted by molar-refractivity contribution is -0.139. The number of aliphatic carboxylic acids is 1. The van der Waals surface area contributed by atoms with Crippen LogP contribution in [-0.4, -0.2) is 177 Å². The maximum atomic E-state index is 13.9. The van der Waals surface area contributed by atoms with E-state index in [-0.39, 0.29) is 98.2 Å². The number of carboxylic acids is 1. The molecule has 1 atom stereocenters. The summed E-state index contributed by atoms with van der Waals surface area (Å²) >= 11 is 0. The smallest absolute Gasteiger partial charge is 0.411 e.